The number of methoxy groups -OCH3 is 1. The van der Waals surface area contributed by atoms with E-state index < -0.39 is 15.6 Å². The molecule has 0 aromatic carbocycles. The Morgan fingerprint density at radius 1 is 1.55 bits per heavy atom. The van der Waals surface area contributed by atoms with E-state index in [1.165, 1.54) is 10.5 Å². The molecule has 1 aliphatic heterocycles. The highest BCUT2D eigenvalue weighted by molar-refractivity contribution is 7.89. The molecular weight excluding hydrogens is 280 g/mol. The minimum atomic E-state index is -3.55. The standard InChI is InChI=1S/C13H20N2O4S/c1-13(2)10-15(8-11(19-13)9-18-3)20(16,17)12-5-4-6-14-7-12/h4-7,11H,8-10H2,1-3H3. The molecule has 1 aliphatic rings. The van der Waals surface area contributed by atoms with Crippen LogP contribution in [0.25, 0.3) is 0 Å². The van der Waals surface area contributed by atoms with Crippen LogP contribution in [0.4, 0.5) is 0 Å². The number of morpholine rings is 1. The smallest absolute Gasteiger partial charge is 0.244 e. The van der Waals surface area contributed by atoms with E-state index in [1.54, 1.807) is 25.4 Å². The first-order valence-corrected chi connectivity index (χ1v) is 7.86. The molecule has 0 aliphatic carbocycles. The molecule has 1 fully saturated rings. The van der Waals surface area contributed by atoms with Gasteiger partial charge in [0.25, 0.3) is 0 Å². The molecule has 20 heavy (non-hydrogen) atoms. The second-order valence-corrected chi connectivity index (χ2v) is 7.38. The Hall–Kier alpha value is -1.02. The summed E-state index contributed by atoms with van der Waals surface area (Å²) < 4.78 is 37.6. The van der Waals surface area contributed by atoms with Crippen molar-refractivity contribution in [3.63, 3.8) is 0 Å². The van der Waals surface area contributed by atoms with Crippen LogP contribution in [0.3, 0.4) is 0 Å². The normalized spacial score (nSPS) is 23.6. The maximum atomic E-state index is 12.6. The average Bonchev–Trinajstić information content (AvgIpc) is 2.38. The van der Waals surface area contributed by atoms with Gasteiger partial charge in [-0.2, -0.15) is 4.31 Å². The summed E-state index contributed by atoms with van der Waals surface area (Å²) in [7, 11) is -1.97. The Kier molecular flexibility index (Phi) is 4.43. The van der Waals surface area contributed by atoms with Crippen LogP contribution in [0.5, 0.6) is 0 Å². The van der Waals surface area contributed by atoms with Crippen LogP contribution in [-0.2, 0) is 19.5 Å². The van der Waals surface area contributed by atoms with Gasteiger partial charge in [0.15, 0.2) is 0 Å². The molecule has 0 saturated carbocycles. The van der Waals surface area contributed by atoms with E-state index in [0.29, 0.717) is 13.2 Å². The molecule has 1 aromatic rings. The highest BCUT2D eigenvalue weighted by Gasteiger charge is 2.39. The van der Waals surface area contributed by atoms with Crippen molar-refractivity contribution in [2.45, 2.75) is 30.4 Å². The van der Waals surface area contributed by atoms with Crippen LogP contribution in [0.2, 0.25) is 0 Å². The van der Waals surface area contributed by atoms with Gasteiger partial charge in [-0.1, -0.05) is 0 Å². The molecule has 0 bridgehead atoms. The number of ether oxygens (including phenoxy) is 2. The lowest BCUT2D eigenvalue weighted by molar-refractivity contribution is -0.135. The van der Waals surface area contributed by atoms with Crippen LogP contribution < -0.4 is 0 Å². The Morgan fingerprint density at radius 3 is 2.90 bits per heavy atom. The van der Waals surface area contributed by atoms with Gasteiger partial charge >= 0.3 is 0 Å². The van der Waals surface area contributed by atoms with Crippen molar-refractivity contribution in [3.05, 3.63) is 24.5 Å². The van der Waals surface area contributed by atoms with Crippen LogP contribution in [0.1, 0.15) is 13.8 Å². The van der Waals surface area contributed by atoms with Crippen molar-refractivity contribution >= 4 is 10.0 Å². The van der Waals surface area contributed by atoms with Gasteiger partial charge in [0, 0.05) is 32.6 Å². The molecule has 1 atom stereocenters. The van der Waals surface area contributed by atoms with Crippen LogP contribution in [-0.4, -0.2) is 56.2 Å². The van der Waals surface area contributed by atoms with Crippen molar-refractivity contribution in [1.29, 1.82) is 0 Å². The Morgan fingerprint density at radius 2 is 2.30 bits per heavy atom. The Bertz CT molecular complexity index is 545. The summed E-state index contributed by atoms with van der Waals surface area (Å²) in [5, 5.41) is 0. The monoisotopic (exact) mass is 300 g/mol. The third kappa shape index (κ3) is 3.35. The molecule has 0 radical (unpaired) electrons. The second-order valence-electron chi connectivity index (χ2n) is 5.44. The summed E-state index contributed by atoms with van der Waals surface area (Å²) in [6.07, 6.45) is 2.65. The van der Waals surface area contributed by atoms with Crippen molar-refractivity contribution in [3.8, 4) is 0 Å². The Labute approximate surface area is 119 Å². The largest absolute Gasteiger partial charge is 0.382 e. The van der Waals surface area contributed by atoms with Gasteiger partial charge in [-0.3, -0.25) is 4.98 Å². The van der Waals surface area contributed by atoms with E-state index in [9.17, 15) is 8.42 Å². The molecule has 7 heteroatoms. The maximum Gasteiger partial charge on any atom is 0.244 e. The van der Waals surface area contributed by atoms with Crippen LogP contribution in [0, 0.1) is 0 Å². The molecule has 1 aromatic heterocycles. The lowest BCUT2D eigenvalue weighted by Crippen LogP contribution is -2.55. The zero-order chi connectivity index (χ0) is 14.8. The number of aromatic nitrogens is 1. The molecule has 2 heterocycles. The molecule has 0 amide bonds. The van der Waals surface area contributed by atoms with Crippen molar-refractivity contribution in [1.82, 2.24) is 9.29 Å². The highest BCUT2D eigenvalue weighted by Crippen LogP contribution is 2.26. The van der Waals surface area contributed by atoms with E-state index in [0.717, 1.165) is 0 Å². The van der Waals surface area contributed by atoms with Gasteiger partial charge in [0.1, 0.15) is 4.90 Å². The van der Waals surface area contributed by atoms with E-state index in [2.05, 4.69) is 4.98 Å². The topological polar surface area (TPSA) is 68.7 Å². The van der Waals surface area contributed by atoms with Gasteiger partial charge < -0.3 is 9.47 Å². The lowest BCUT2D eigenvalue weighted by Gasteiger charge is -2.41. The van der Waals surface area contributed by atoms with Crippen LogP contribution >= 0.6 is 0 Å². The van der Waals surface area contributed by atoms with Crippen molar-refractivity contribution in [2.75, 3.05) is 26.8 Å². The number of pyridine rings is 1. The fourth-order valence-electron chi connectivity index (χ4n) is 2.35. The number of hydrogen-bond acceptors (Lipinski definition) is 5. The van der Waals surface area contributed by atoms with Crippen LogP contribution in [0.15, 0.2) is 29.4 Å². The number of hydrogen-bond donors (Lipinski definition) is 0. The van der Waals surface area contributed by atoms with E-state index in [-0.39, 0.29) is 17.5 Å². The summed E-state index contributed by atoms with van der Waals surface area (Å²) in [5.74, 6) is 0. The third-order valence-corrected chi connectivity index (χ3v) is 4.87. The fourth-order valence-corrected chi connectivity index (χ4v) is 3.93. The molecule has 2 rings (SSSR count). The summed E-state index contributed by atoms with van der Waals surface area (Å²) in [6, 6.07) is 3.17. The highest BCUT2D eigenvalue weighted by atomic mass is 32.2. The first-order valence-electron chi connectivity index (χ1n) is 6.42. The first kappa shape index (κ1) is 15.4. The molecule has 6 nitrogen and oxygen atoms in total. The van der Waals surface area contributed by atoms with Gasteiger partial charge in [-0.05, 0) is 26.0 Å². The molecule has 1 saturated heterocycles. The molecule has 112 valence electrons. The van der Waals surface area contributed by atoms with E-state index in [4.69, 9.17) is 9.47 Å². The zero-order valence-electron chi connectivity index (χ0n) is 11.9. The molecular formula is C13H20N2O4S. The lowest BCUT2D eigenvalue weighted by atomic mass is 10.1. The third-order valence-electron chi connectivity index (χ3n) is 3.07. The average molecular weight is 300 g/mol. The minimum absolute atomic E-state index is 0.203. The van der Waals surface area contributed by atoms with E-state index in [1.807, 2.05) is 13.8 Å². The second kappa shape index (κ2) is 5.77. The van der Waals surface area contributed by atoms with Crippen molar-refractivity contribution < 1.29 is 17.9 Å². The summed E-state index contributed by atoms with van der Waals surface area (Å²) in [4.78, 5) is 4.08. The fraction of sp³-hybridized carbons (Fsp3) is 0.615. The first-order chi connectivity index (χ1) is 9.35. The predicted octanol–water partition coefficient (Wildman–Crippen LogP) is 0.896. The van der Waals surface area contributed by atoms with Gasteiger partial charge in [-0.15, -0.1) is 0 Å². The quantitative estimate of drug-likeness (QED) is 0.826. The minimum Gasteiger partial charge on any atom is -0.382 e. The Balaban J connectivity index is 2.27. The van der Waals surface area contributed by atoms with Gasteiger partial charge in [0.05, 0.1) is 18.3 Å². The maximum absolute atomic E-state index is 12.6. The number of rotatable bonds is 4. The van der Waals surface area contributed by atoms with Gasteiger partial charge in [0.2, 0.25) is 10.0 Å². The summed E-state index contributed by atoms with van der Waals surface area (Å²) in [5.41, 5.74) is -0.545. The summed E-state index contributed by atoms with van der Waals surface area (Å²) in [6.45, 7) is 4.71. The molecule has 0 spiro atoms. The predicted molar refractivity (Wildman–Crippen MR) is 73.8 cm³/mol. The molecule has 0 N–H and O–H groups in total. The summed E-state index contributed by atoms with van der Waals surface area (Å²) >= 11 is 0. The number of sulfonamides is 1. The van der Waals surface area contributed by atoms with Crippen molar-refractivity contribution in [2.24, 2.45) is 0 Å². The molecule has 1 unspecified atom stereocenters. The number of nitrogens with zero attached hydrogens (tertiary/aromatic N) is 2. The van der Waals surface area contributed by atoms with E-state index >= 15 is 0 Å². The van der Waals surface area contributed by atoms with Gasteiger partial charge in [-0.25, -0.2) is 8.42 Å². The zero-order valence-corrected chi connectivity index (χ0v) is 12.8. The SMILES string of the molecule is COCC1CN(S(=O)(=O)c2cccnc2)CC(C)(C)O1.